The maximum atomic E-state index is 12.5. The van der Waals surface area contributed by atoms with Crippen LogP contribution in [0.5, 0.6) is 0 Å². The predicted octanol–water partition coefficient (Wildman–Crippen LogP) is 2.34. The Morgan fingerprint density at radius 1 is 0.811 bits per heavy atom. The van der Waals surface area contributed by atoms with Crippen LogP contribution in [0.15, 0.2) is 43.1 Å². The number of amides is 1. The lowest BCUT2D eigenvalue weighted by atomic mass is 10.0. The van der Waals surface area contributed by atoms with Crippen LogP contribution >= 0.6 is 0 Å². The minimum atomic E-state index is -5.08. The number of aliphatic carboxylic acids is 2. The summed E-state index contributed by atoms with van der Waals surface area (Å²) in [7, 11) is 0. The van der Waals surface area contributed by atoms with E-state index >= 15 is 0 Å². The molecule has 1 amide bonds. The first-order valence-corrected chi connectivity index (χ1v) is 10.4. The Bertz CT molecular complexity index is 1020. The van der Waals surface area contributed by atoms with Gasteiger partial charge in [-0.1, -0.05) is 0 Å². The maximum absolute atomic E-state index is 12.5. The third-order valence-electron chi connectivity index (χ3n) is 5.27. The molecule has 2 aromatic heterocycles. The number of halogens is 6. The fourth-order valence-corrected chi connectivity index (χ4v) is 3.70. The van der Waals surface area contributed by atoms with Gasteiger partial charge in [-0.25, -0.2) is 14.6 Å². The van der Waals surface area contributed by atoms with Crippen molar-refractivity contribution in [2.24, 2.45) is 11.8 Å². The van der Waals surface area contributed by atoms with E-state index in [2.05, 4.69) is 32.0 Å². The second-order valence-corrected chi connectivity index (χ2v) is 7.98. The third kappa shape index (κ3) is 9.29. The van der Waals surface area contributed by atoms with Crippen LogP contribution in [0.2, 0.25) is 0 Å². The minimum absolute atomic E-state index is 0.00758. The summed E-state index contributed by atoms with van der Waals surface area (Å²) in [6.07, 6.45) is -1.78. The number of hydrogen-bond acceptors (Lipinski definition) is 7. The van der Waals surface area contributed by atoms with Gasteiger partial charge < -0.3 is 15.1 Å². The van der Waals surface area contributed by atoms with Gasteiger partial charge in [-0.05, 0) is 29.5 Å². The maximum Gasteiger partial charge on any atom is 0.490 e. The zero-order chi connectivity index (χ0) is 27.8. The Morgan fingerprint density at radius 2 is 1.30 bits per heavy atom. The topological polar surface area (TPSA) is 137 Å². The van der Waals surface area contributed by atoms with E-state index in [9.17, 15) is 31.1 Å². The van der Waals surface area contributed by atoms with Crippen LogP contribution in [0.1, 0.15) is 16.1 Å². The van der Waals surface area contributed by atoms with Crippen molar-refractivity contribution in [1.82, 2.24) is 24.8 Å². The molecule has 0 aromatic carbocycles. The molecule has 2 aliphatic heterocycles. The Morgan fingerprint density at radius 3 is 1.70 bits per heavy atom. The number of carbonyl (C=O) groups excluding carboxylic acids is 1. The number of pyridine rings is 1. The van der Waals surface area contributed by atoms with Gasteiger partial charge in [-0.3, -0.25) is 19.7 Å². The Labute approximate surface area is 205 Å². The number of carboxylic acids is 2. The lowest BCUT2D eigenvalue weighted by Gasteiger charge is -2.21. The zero-order valence-electron chi connectivity index (χ0n) is 18.9. The summed E-state index contributed by atoms with van der Waals surface area (Å²) in [4.78, 5) is 46.8. The molecule has 202 valence electrons. The van der Waals surface area contributed by atoms with Crippen LogP contribution in [-0.4, -0.2) is 91.3 Å². The molecule has 4 heterocycles. The molecule has 0 saturated carbocycles. The van der Waals surface area contributed by atoms with Gasteiger partial charge in [0.1, 0.15) is 5.69 Å². The average molecular weight is 537 g/mol. The summed E-state index contributed by atoms with van der Waals surface area (Å²) < 4.78 is 63.5. The molecule has 10 nitrogen and oxygen atoms in total. The average Bonchev–Trinajstić information content (AvgIpc) is 3.38. The fraction of sp³-hybridized carbons (Fsp3) is 0.429. The Kier molecular flexibility index (Phi) is 9.88. The van der Waals surface area contributed by atoms with Crippen molar-refractivity contribution < 1.29 is 50.9 Å². The smallest absolute Gasteiger partial charge is 0.475 e. The Balaban J connectivity index is 0.000000286. The first kappa shape index (κ1) is 29.4. The van der Waals surface area contributed by atoms with Crippen molar-refractivity contribution in [3.8, 4) is 0 Å². The normalized spacial score (nSPS) is 19.1. The highest BCUT2D eigenvalue weighted by atomic mass is 19.4. The number of carboxylic acid groups (broad SMARTS) is 2. The van der Waals surface area contributed by atoms with Gasteiger partial charge in [0.25, 0.3) is 5.91 Å². The van der Waals surface area contributed by atoms with Crippen molar-refractivity contribution in [3.05, 3.63) is 54.4 Å². The predicted molar refractivity (Wildman–Crippen MR) is 112 cm³/mol. The van der Waals surface area contributed by atoms with E-state index in [4.69, 9.17) is 19.8 Å². The molecule has 0 spiro atoms. The molecule has 2 aromatic rings. The molecule has 4 rings (SSSR count). The van der Waals surface area contributed by atoms with Crippen LogP contribution in [0.4, 0.5) is 26.3 Å². The number of aromatic nitrogens is 3. The van der Waals surface area contributed by atoms with Crippen molar-refractivity contribution >= 4 is 17.8 Å². The van der Waals surface area contributed by atoms with Gasteiger partial charge in [-0.15, -0.1) is 0 Å². The summed E-state index contributed by atoms with van der Waals surface area (Å²) in [5, 5.41) is 14.2. The van der Waals surface area contributed by atoms with Gasteiger partial charge in [0, 0.05) is 57.5 Å². The van der Waals surface area contributed by atoms with Crippen molar-refractivity contribution in [2.75, 3.05) is 26.2 Å². The molecule has 2 aliphatic rings. The SMILES string of the molecule is O=C(O)C(F)(F)F.O=C(O)C(F)(F)F.O=C(c1cnccn1)N1C[C@H]2CN(Cc3ccncc3)C[C@H]2C1. The number of likely N-dealkylation sites (tertiary alicyclic amines) is 2. The van der Waals surface area contributed by atoms with Crippen LogP contribution in [-0.2, 0) is 16.1 Å². The second kappa shape index (κ2) is 12.4. The molecule has 16 heteroatoms. The van der Waals surface area contributed by atoms with Crippen molar-refractivity contribution in [2.45, 2.75) is 18.9 Å². The molecule has 2 N–H and O–H groups in total. The van der Waals surface area contributed by atoms with Gasteiger partial charge in [0.2, 0.25) is 0 Å². The monoisotopic (exact) mass is 537 g/mol. The molecule has 0 aliphatic carbocycles. The first-order valence-electron chi connectivity index (χ1n) is 10.4. The zero-order valence-corrected chi connectivity index (χ0v) is 18.9. The second-order valence-electron chi connectivity index (χ2n) is 7.98. The highest BCUT2D eigenvalue weighted by Gasteiger charge is 2.42. The van der Waals surface area contributed by atoms with Gasteiger partial charge >= 0.3 is 24.3 Å². The van der Waals surface area contributed by atoms with E-state index in [1.54, 1.807) is 18.6 Å². The van der Waals surface area contributed by atoms with Crippen molar-refractivity contribution in [1.29, 1.82) is 0 Å². The lowest BCUT2D eigenvalue weighted by Crippen LogP contribution is -2.33. The van der Waals surface area contributed by atoms with Crippen LogP contribution in [0.25, 0.3) is 0 Å². The molecule has 0 unspecified atom stereocenters. The number of carbonyl (C=O) groups is 3. The van der Waals surface area contributed by atoms with Crippen LogP contribution in [0, 0.1) is 11.8 Å². The minimum Gasteiger partial charge on any atom is -0.475 e. The number of nitrogens with zero attached hydrogens (tertiary/aromatic N) is 5. The molecular weight excluding hydrogens is 516 g/mol. The van der Waals surface area contributed by atoms with E-state index in [-0.39, 0.29) is 5.91 Å². The van der Waals surface area contributed by atoms with E-state index < -0.39 is 24.3 Å². The van der Waals surface area contributed by atoms with Crippen molar-refractivity contribution in [3.63, 3.8) is 0 Å². The molecule has 0 bridgehead atoms. The van der Waals surface area contributed by atoms with Gasteiger partial charge in [0.05, 0.1) is 6.20 Å². The molecule has 2 fully saturated rings. The lowest BCUT2D eigenvalue weighted by molar-refractivity contribution is -0.193. The number of fused-ring (bicyclic) bond motifs is 1. The molecule has 0 radical (unpaired) electrons. The number of alkyl halides is 6. The summed E-state index contributed by atoms with van der Waals surface area (Å²) in [5.74, 6) is -4.37. The molecule has 2 saturated heterocycles. The summed E-state index contributed by atoms with van der Waals surface area (Å²) in [6, 6.07) is 4.13. The fourth-order valence-electron chi connectivity index (χ4n) is 3.70. The highest BCUT2D eigenvalue weighted by molar-refractivity contribution is 5.92. The first-order chi connectivity index (χ1) is 17.2. The largest absolute Gasteiger partial charge is 0.490 e. The quantitative estimate of drug-likeness (QED) is 0.566. The van der Waals surface area contributed by atoms with Crippen LogP contribution < -0.4 is 0 Å². The molecular formula is C21H21F6N5O5. The van der Waals surface area contributed by atoms with E-state index in [1.807, 2.05) is 17.3 Å². The van der Waals surface area contributed by atoms with E-state index in [0.717, 1.165) is 32.7 Å². The highest BCUT2D eigenvalue weighted by Crippen LogP contribution is 2.32. The summed E-state index contributed by atoms with van der Waals surface area (Å²) in [5.41, 5.74) is 1.74. The van der Waals surface area contributed by atoms with E-state index in [1.165, 1.54) is 5.56 Å². The number of hydrogen-bond donors (Lipinski definition) is 2. The van der Waals surface area contributed by atoms with Gasteiger partial charge in [-0.2, -0.15) is 26.3 Å². The summed E-state index contributed by atoms with van der Waals surface area (Å²) >= 11 is 0. The molecule has 2 atom stereocenters. The summed E-state index contributed by atoms with van der Waals surface area (Å²) in [6.45, 7) is 4.72. The Hall–Kier alpha value is -3.82. The molecule has 37 heavy (non-hydrogen) atoms. The van der Waals surface area contributed by atoms with E-state index in [0.29, 0.717) is 17.5 Å². The van der Waals surface area contributed by atoms with Gasteiger partial charge in [0.15, 0.2) is 0 Å². The number of rotatable bonds is 3. The van der Waals surface area contributed by atoms with Crippen LogP contribution in [0.3, 0.4) is 0 Å². The standard InChI is InChI=1S/C17H19N5O.2C2HF3O2/c23-17(16-7-19-5-6-20-16)22-11-14-9-21(10-15(14)12-22)8-13-1-3-18-4-2-13;2*3-2(4,5)1(6)7/h1-7,14-15H,8-12H2;2*(H,6,7)/t14-,15+;;. The third-order valence-corrected chi connectivity index (χ3v) is 5.27.